The molecule has 0 radical (unpaired) electrons. The molecule has 1 heterocycles. The zero-order valence-electron chi connectivity index (χ0n) is 11.7. The molecule has 1 aromatic heterocycles. The minimum atomic E-state index is 0.579. The predicted octanol–water partition coefficient (Wildman–Crippen LogP) is 5.47. The molecule has 1 N–H and O–H groups in total. The molecule has 0 saturated heterocycles. The summed E-state index contributed by atoms with van der Waals surface area (Å²) >= 11 is 4.39. The summed E-state index contributed by atoms with van der Waals surface area (Å²) in [7, 11) is 0. The smallest absolute Gasteiger partial charge is 0.0443 e. The molecule has 1 saturated carbocycles. The van der Waals surface area contributed by atoms with E-state index in [0.717, 1.165) is 12.5 Å². The Morgan fingerprint density at radius 1 is 1.25 bits per heavy atom. The fraction of sp³-hybridized carbons (Fsp3) is 0.412. The lowest BCUT2D eigenvalue weighted by Gasteiger charge is -2.16. The molecule has 0 amide bonds. The quantitative estimate of drug-likeness (QED) is 0.638. The van der Waals surface area contributed by atoms with E-state index in [0.29, 0.717) is 6.04 Å². The van der Waals surface area contributed by atoms with Crippen LogP contribution in [0, 0.1) is 9.49 Å². The van der Waals surface area contributed by atoms with E-state index in [1.165, 1.54) is 38.2 Å². The maximum absolute atomic E-state index is 3.74. The first-order valence-electron chi connectivity index (χ1n) is 7.37. The number of hydrogen-bond acceptors (Lipinski definition) is 2. The van der Waals surface area contributed by atoms with Crippen molar-refractivity contribution in [2.24, 2.45) is 5.92 Å². The minimum Gasteiger partial charge on any atom is -0.309 e. The molecule has 106 valence electrons. The molecule has 1 unspecified atom stereocenters. The second kappa shape index (κ2) is 6.58. The van der Waals surface area contributed by atoms with E-state index in [4.69, 9.17) is 0 Å². The Bertz CT molecular complexity index is 574. The number of hydrogen-bond donors (Lipinski definition) is 1. The van der Waals surface area contributed by atoms with Crippen molar-refractivity contribution in [1.82, 2.24) is 5.32 Å². The second-order valence-corrected chi connectivity index (χ2v) is 7.73. The standard InChI is InChI=1S/C17H20INS/c1-2-11-19-17(12-7-8-12)16-10-9-15(20-16)13-5-3-4-6-14(13)18/h3-6,9-10,12,17,19H,2,7-8,11H2,1H3. The number of nitrogens with one attached hydrogen (secondary N) is 1. The Labute approximate surface area is 138 Å². The molecule has 2 aromatic rings. The lowest BCUT2D eigenvalue weighted by atomic mass is 10.1. The van der Waals surface area contributed by atoms with Gasteiger partial charge in [-0.15, -0.1) is 11.3 Å². The molecule has 3 heteroatoms. The van der Waals surface area contributed by atoms with Gasteiger partial charge in [-0.25, -0.2) is 0 Å². The molecule has 1 nitrogen and oxygen atoms in total. The van der Waals surface area contributed by atoms with Crippen LogP contribution < -0.4 is 5.32 Å². The first kappa shape index (κ1) is 14.5. The van der Waals surface area contributed by atoms with Crippen molar-refractivity contribution < 1.29 is 0 Å². The zero-order chi connectivity index (χ0) is 13.9. The van der Waals surface area contributed by atoms with Crippen molar-refractivity contribution >= 4 is 33.9 Å². The van der Waals surface area contributed by atoms with Crippen LogP contribution in [-0.4, -0.2) is 6.54 Å². The fourth-order valence-corrected chi connectivity index (χ4v) is 4.63. The molecular formula is C17H20INS. The summed E-state index contributed by atoms with van der Waals surface area (Å²) < 4.78 is 1.34. The van der Waals surface area contributed by atoms with Gasteiger partial charge in [0.25, 0.3) is 0 Å². The topological polar surface area (TPSA) is 12.0 Å². The van der Waals surface area contributed by atoms with Gasteiger partial charge in [0.05, 0.1) is 0 Å². The van der Waals surface area contributed by atoms with Crippen LogP contribution in [0.2, 0.25) is 0 Å². The van der Waals surface area contributed by atoms with Crippen molar-refractivity contribution in [2.45, 2.75) is 32.2 Å². The maximum Gasteiger partial charge on any atom is 0.0443 e. The normalized spacial score (nSPS) is 16.3. The number of halogens is 1. The van der Waals surface area contributed by atoms with E-state index in [2.05, 4.69) is 71.2 Å². The van der Waals surface area contributed by atoms with Gasteiger partial charge in [-0.2, -0.15) is 0 Å². The van der Waals surface area contributed by atoms with Crippen LogP contribution in [0.3, 0.4) is 0 Å². The van der Waals surface area contributed by atoms with Gasteiger partial charge in [-0.1, -0.05) is 25.1 Å². The highest BCUT2D eigenvalue weighted by molar-refractivity contribution is 14.1. The first-order valence-corrected chi connectivity index (χ1v) is 9.27. The molecule has 0 spiro atoms. The van der Waals surface area contributed by atoms with E-state index >= 15 is 0 Å². The predicted molar refractivity (Wildman–Crippen MR) is 96.2 cm³/mol. The number of thiophene rings is 1. The SMILES string of the molecule is CCCNC(c1ccc(-c2ccccc2I)s1)C1CC1. The van der Waals surface area contributed by atoms with Gasteiger partial charge in [-0.05, 0) is 72.5 Å². The van der Waals surface area contributed by atoms with Gasteiger partial charge in [0.1, 0.15) is 0 Å². The third-order valence-corrected chi connectivity index (χ3v) is 5.92. The van der Waals surface area contributed by atoms with Crippen LogP contribution in [0.5, 0.6) is 0 Å². The molecule has 1 atom stereocenters. The fourth-order valence-electron chi connectivity index (χ4n) is 2.55. The highest BCUT2D eigenvalue weighted by Gasteiger charge is 2.32. The lowest BCUT2D eigenvalue weighted by Crippen LogP contribution is -2.22. The van der Waals surface area contributed by atoms with E-state index in [1.54, 1.807) is 0 Å². The second-order valence-electron chi connectivity index (χ2n) is 5.45. The van der Waals surface area contributed by atoms with Crippen LogP contribution in [-0.2, 0) is 0 Å². The highest BCUT2D eigenvalue weighted by Crippen LogP contribution is 2.44. The monoisotopic (exact) mass is 397 g/mol. The summed E-state index contributed by atoms with van der Waals surface area (Å²) in [4.78, 5) is 2.91. The zero-order valence-corrected chi connectivity index (χ0v) is 14.7. The minimum absolute atomic E-state index is 0.579. The van der Waals surface area contributed by atoms with Crippen molar-refractivity contribution in [1.29, 1.82) is 0 Å². The molecule has 20 heavy (non-hydrogen) atoms. The molecular weight excluding hydrogens is 377 g/mol. The van der Waals surface area contributed by atoms with Crippen molar-refractivity contribution in [2.75, 3.05) is 6.54 Å². The Morgan fingerprint density at radius 2 is 2.05 bits per heavy atom. The molecule has 1 aromatic carbocycles. The largest absolute Gasteiger partial charge is 0.309 e. The third-order valence-electron chi connectivity index (χ3n) is 3.78. The van der Waals surface area contributed by atoms with Crippen LogP contribution in [0.25, 0.3) is 10.4 Å². The molecule has 0 bridgehead atoms. The molecule has 1 aliphatic rings. The Hall–Kier alpha value is -0.390. The van der Waals surface area contributed by atoms with Crippen LogP contribution in [0.15, 0.2) is 36.4 Å². The molecule has 0 aliphatic heterocycles. The van der Waals surface area contributed by atoms with E-state index in [1.807, 2.05) is 11.3 Å². The Morgan fingerprint density at radius 3 is 2.75 bits per heavy atom. The summed E-state index contributed by atoms with van der Waals surface area (Å²) in [6.45, 7) is 3.36. The summed E-state index contributed by atoms with van der Waals surface area (Å²) in [6.07, 6.45) is 3.98. The van der Waals surface area contributed by atoms with Crippen molar-refractivity contribution in [3.63, 3.8) is 0 Å². The van der Waals surface area contributed by atoms with Crippen LogP contribution in [0.1, 0.15) is 37.1 Å². The van der Waals surface area contributed by atoms with Gasteiger partial charge in [-0.3, -0.25) is 0 Å². The molecule has 3 rings (SSSR count). The Kier molecular flexibility index (Phi) is 4.79. The molecule has 1 aliphatic carbocycles. The van der Waals surface area contributed by atoms with Gasteiger partial charge in [0.15, 0.2) is 0 Å². The first-order chi connectivity index (χ1) is 9.79. The van der Waals surface area contributed by atoms with Crippen molar-refractivity contribution in [3.8, 4) is 10.4 Å². The third kappa shape index (κ3) is 3.26. The van der Waals surface area contributed by atoms with Gasteiger partial charge < -0.3 is 5.32 Å². The van der Waals surface area contributed by atoms with Crippen LogP contribution in [0.4, 0.5) is 0 Å². The van der Waals surface area contributed by atoms with E-state index in [-0.39, 0.29) is 0 Å². The Balaban J connectivity index is 1.83. The average molecular weight is 397 g/mol. The summed E-state index contributed by atoms with van der Waals surface area (Å²) in [5.41, 5.74) is 1.37. The van der Waals surface area contributed by atoms with Crippen molar-refractivity contribution in [3.05, 3.63) is 44.8 Å². The van der Waals surface area contributed by atoms with Crippen LogP contribution >= 0.6 is 33.9 Å². The maximum atomic E-state index is 3.74. The van der Waals surface area contributed by atoms with Gasteiger partial charge >= 0.3 is 0 Å². The van der Waals surface area contributed by atoms with E-state index < -0.39 is 0 Å². The molecule has 1 fully saturated rings. The summed E-state index contributed by atoms with van der Waals surface area (Å²) in [6, 6.07) is 13.8. The van der Waals surface area contributed by atoms with E-state index in [9.17, 15) is 0 Å². The van der Waals surface area contributed by atoms with Gasteiger partial charge in [0, 0.05) is 24.9 Å². The van der Waals surface area contributed by atoms with Gasteiger partial charge in [0.2, 0.25) is 0 Å². The summed E-state index contributed by atoms with van der Waals surface area (Å²) in [5.74, 6) is 0.864. The average Bonchev–Trinajstić information content (AvgIpc) is 3.18. The lowest BCUT2D eigenvalue weighted by molar-refractivity contribution is 0.488. The summed E-state index contributed by atoms with van der Waals surface area (Å²) in [5, 5.41) is 3.74. The number of benzene rings is 1. The number of rotatable bonds is 6. The highest BCUT2D eigenvalue weighted by atomic mass is 127.